The van der Waals surface area contributed by atoms with Crippen LogP contribution in [-0.4, -0.2) is 84.6 Å². The highest BCUT2D eigenvalue weighted by atomic mass is 28.5. The summed E-state index contributed by atoms with van der Waals surface area (Å²) in [6, 6.07) is 76.1. The molecule has 0 amide bonds. The van der Waals surface area contributed by atoms with Crippen molar-refractivity contribution in [2.24, 2.45) is 0 Å². The number of hydrogen-bond donors (Lipinski definition) is 1. The third kappa shape index (κ3) is 10.5. The molecule has 9 nitrogen and oxygen atoms in total. The van der Waals surface area contributed by atoms with Gasteiger partial charge in [-0.3, -0.25) is 0 Å². The van der Waals surface area contributed by atoms with Crippen LogP contribution in [0.15, 0.2) is 231 Å². The van der Waals surface area contributed by atoms with Crippen molar-refractivity contribution in [1.82, 2.24) is 0 Å². The molecule has 2 aliphatic rings. The van der Waals surface area contributed by atoms with E-state index in [1.807, 2.05) is 188 Å². The summed E-state index contributed by atoms with van der Waals surface area (Å²) in [5.41, 5.74) is 1.54. The Kier molecular flexibility index (Phi) is 14.6. The minimum atomic E-state index is -4.47. The monoisotopic (exact) mass is 997 g/mol. The Morgan fingerprint density at radius 1 is 0.318 bits per heavy atom. The Morgan fingerprint density at radius 2 is 0.667 bits per heavy atom. The first-order valence-electron chi connectivity index (χ1n) is 21.3. The van der Waals surface area contributed by atoms with Gasteiger partial charge >= 0.3 is 64.5 Å². The average Bonchev–Trinajstić information content (AvgIpc) is 3.48. The highest BCUT2D eigenvalue weighted by Crippen LogP contribution is 2.24. The smallest absolute Gasteiger partial charge is 0.426 e. The summed E-state index contributed by atoms with van der Waals surface area (Å²) in [6.45, 7) is 0. The molecule has 2 saturated heterocycles. The first-order chi connectivity index (χ1) is 32.6. The van der Waals surface area contributed by atoms with Crippen LogP contribution < -0.4 is 41.5 Å². The Labute approximate surface area is 398 Å². The van der Waals surface area contributed by atoms with E-state index in [4.69, 9.17) is 33.2 Å². The van der Waals surface area contributed by atoms with E-state index in [1.54, 1.807) is 0 Å². The van der Waals surface area contributed by atoms with Crippen LogP contribution >= 0.6 is 0 Å². The van der Waals surface area contributed by atoms with Crippen LogP contribution in [0.4, 0.5) is 0 Å². The molecule has 0 spiro atoms. The normalized spacial score (nSPS) is 17.8. The molecule has 0 aromatic heterocycles. The second-order valence-corrected chi connectivity index (χ2v) is 31.3. The second-order valence-electron chi connectivity index (χ2n) is 15.0. The van der Waals surface area contributed by atoms with Crippen molar-refractivity contribution in [3.63, 3.8) is 0 Å². The molecule has 10 rings (SSSR count). The molecule has 2 aliphatic heterocycles. The lowest BCUT2D eigenvalue weighted by molar-refractivity contribution is 0.218. The lowest BCUT2D eigenvalue weighted by atomic mass is 10.1. The van der Waals surface area contributed by atoms with Gasteiger partial charge in [0.25, 0.3) is 9.04 Å². The van der Waals surface area contributed by atoms with Crippen molar-refractivity contribution < 1.29 is 38.0 Å². The van der Waals surface area contributed by atoms with Crippen molar-refractivity contribution in [3.8, 4) is 11.1 Å². The Bertz CT molecular complexity index is 2730. The van der Waals surface area contributed by atoms with Gasteiger partial charge in [-0.1, -0.05) is 231 Å². The van der Waals surface area contributed by atoms with E-state index in [0.717, 1.165) is 47.4 Å². The molecule has 323 valence electrons. The predicted molar refractivity (Wildman–Crippen MR) is 269 cm³/mol. The zero-order chi connectivity index (χ0) is 44.5. The van der Waals surface area contributed by atoms with Gasteiger partial charge in [0.15, 0.2) is 0 Å². The molecule has 8 aromatic rings. The molecule has 0 atom stereocenters. The molecule has 0 bridgehead atoms. The fourth-order valence-corrected chi connectivity index (χ4v) is 29.0. The van der Waals surface area contributed by atoms with Gasteiger partial charge in [-0.25, -0.2) is 0 Å². The second kappa shape index (κ2) is 21.4. The zero-order valence-corrected chi connectivity index (χ0v) is 43.4. The quantitative estimate of drug-likeness (QED) is 0.220. The fraction of sp³-hybridized carbons (Fsp3) is 0.0204. The molecule has 0 saturated carbocycles. The van der Waals surface area contributed by atoms with E-state index >= 15 is 0 Å². The highest BCUT2D eigenvalue weighted by molar-refractivity contribution is 6.92. The maximum Gasteiger partial charge on any atom is 0.517 e. The van der Waals surface area contributed by atoms with Gasteiger partial charge < -0.3 is 38.0 Å². The van der Waals surface area contributed by atoms with Gasteiger partial charge in [0.2, 0.25) is 0 Å². The topological polar surface area (TPSA) is 94.1 Å². The molecule has 0 aliphatic carbocycles. The van der Waals surface area contributed by atoms with E-state index in [0.29, 0.717) is 11.4 Å². The van der Waals surface area contributed by atoms with Crippen LogP contribution in [0.1, 0.15) is 0 Å². The lowest BCUT2D eigenvalue weighted by Crippen LogP contribution is -2.68. The molecule has 2 heterocycles. The van der Waals surface area contributed by atoms with Gasteiger partial charge in [0.05, 0.1) is 6.23 Å². The average molecular weight is 999 g/mol. The summed E-state index contributed by atoms with van der Waals surface area (Å²) in [7, 11) is -19.9. The highest BCUT2D eigenvalue weighted by Gasteiger charge is 2.53. The van der Waals surface area contributed by atoms with Gasteiger partial charge in [-0.05, 0) is 42.2 Å². The standard InChI is InChI=1S/C49H41O9Si8/c50-66(57-63(44-31-15-5-16-32-44)54-62(43-29-13-4-14-30-43)55-64(58-66)45-33-17-6-18-34-45)49-38-22-20-36-47(49)46-35-19-21-37-48(46)65-53-60(41-25-9-2-10-26-41)51-39-59(40-23-7-1-8-24-40)52-61(56-65)42-27-11-3-12-28-42/h1-38,50H,39H2. The summed E-state index contributed by atoms with van der Waals surface area (Å²) >= 11 is 0. The van der Waals surface area contributed by atoms with Crippen LogP contribution in [0, 0.1) is 0 Å². The van der Waals surface area contributed by atoms with Gasteiger partial charge in [0, 0.05) is 10.4 Å². The SMILES string of the molecule is O[Si]1(c2ccccc2-c2ccccc2[Si]2O[Si](c3ccccc3)OC[Si](c3ccccc3)O[Si](c3ccccc3)O2)O[Si](c2ccccc2)O[Si](c2ccccc2)O[Si](c2ccccc2)O1. The first-order valence-corrected chi connectivity index (χ1v) is 32.6. The zero-order valence-electron chi connectivity index (χ0n) is 35.4. The number of rotatable bonds is 9. The van der Waals surface area contributed by atoms with Gasteiger partial charge in [-0.2, -0.15) is 0 Å². The first kappa shape index (κ1) is 44.9. The maximum absolute atomic E-state index is 13.5. The maximum atomic E-state index is 13.5. The van der Waals surface area contributed by atoms with Crippen LogP contribution in [0.25, 0.3) is 11.1 Å². The summed E-state index contributed by atoms with van der Waals surface area (Å²) in [5.74, 6) is 0. The third-order valence-corrected chi connectivity index (χ3v) is 30.1. The Morgan fingerprint density at radius 3 is 1.17 bits per heavy atom. The van der Waals surface area contributed by atoms with Crippen molar-refractivity contribution >= 4 is 115 Å². The molecule has 1 N–H and O–H groups in total. The van der Waals surface area contributed by atoms with Crippen LogP contribution in [0.5, 0.6) is 0 Å². The van der Waals surface area contributed by atoms with E-state index in [9.17, 15) is 4.80 Å². The van der Waals surface area contributed by atoms with E-state index in [-0.39, 0.29) is 0 Å². The van der Waals surface area contributed by atoms with Crippen LogP contribution in [0.2, 0.25) is 0 Å². The molecule has 66 heavy (non-hydrogen) atoms. The number of benzene rings is 8. The minimum Gasteiger partial charge on any atom is -0.426 e. The molecule has 7 radical (unpaired) electrons. The van der Waals surface area contributed by atoms with Crippen LogP contribution in [0.3, 0.4) is 0 Å². The molecule has 0 unspecified atom stereocenters. The Balaban J connectivity index is 1.09. The largest absolute Gasteiger partial charge is 0.517 e. The molecular formula is C49H41O9Si8. The van der Waals surface area contributed by atoms with Crippen molar-refractivity contribution in [2.75, 3.05) is 6.23 Å². The fourth-order valence-electron chi connectivity index (χ4n) is 7.38. The van der Waals surface area contributed by atoms with Gasteiger partial charge in [0.1, 0.15) is 0 Å². The van der Waals surface area contributed by atoms with Crippen molar-refractivity contribution in [3.05, 3.63) is 231 Å². The van der Waals surface area contributed by atoms with Gasteiger partial charge in [-0.15, -0.1) is 0 Å². The summed E-state index contributed by atoms with van der Waals surface area (Å²) in [5, 5.41) is 6.97. The predicted octanol–water partition coefficient (Wildman–Crippen LogP) is 2.76. The van der Waals surface area contributed by atoms with Crippen LogP contribution in [-0.2, 0) is 33.2 Å². The van der Waals surface area contributed by atoms with E-state index in [1.165, 1.54) is 0 Å². The summed E-state index contributed by atoms with van der Waals surface area (Å²) in [6.07, 6.45) is 0.378. The summed E-state index contributed by atoms with van der Waals surface area (Å²) < 4.78 is 56.9. The number of hydrogen-bond acceptors (Lipinski definition) is 9. The molecule has 8 aromatic carbocycles. The van der Waals surface area contributed by atoms with Crippen molar-refractivity contribution in [1.29, 1.82) is 0 Å². The summed E-state index contributed by atoms with van der Waals surface area (Å²) in [4.78, 5) is 13.5. The minimum absolute atomic E-state index is 0.378. The lowest BCUT2D eigenvalue weighted by Gasteiger charge is -2.37. The van der Waals surface area contributed by atoms with E-state index < -0.39 is 73.5 Å². The molecular weight excluding hydrogens is 957 g/mol. The van der Waals surface area contributed by atoms with Crippen molar-refractivity contribution in [2.45, 2.75) is 0 Å². The van der Waals surface area contributed by atoms with E-state index in [2.05, 4.69) is 42.5 Å². The third-order valence-electron chi connectivity index (χ3n) is 10.6. The Hall–Kier alpha value is -4.86. The molecule has 2 fully saturated rings. The molecule has 17 heteroatoms.